The van der Waals surface area contributed by atoms with Crippen LogP contribution in [-0.4, -0.2) is 42.5 Å². The topological polar surface area (TPSA) is 67.9 Å². The third-order valence-corrected chi connectivity index (χ3v) is 6.35. The molecule has 178 valence electrons. The summed E-state index contributed by atoms with van der Waals surface area (Å²) in [5.41, 5.74) is 0.861. The fraction of sp³-hybridized carbons (Fsp3) is 0.440. The zero-order chi connectivity index (χ0) is 23.8. The van der Waals surface area contributed by atoms with E-state index in [1.807, 2.05) is 31.2 Å². The van der Waals surface area contributed by atoms with Gasteiger partial charge in [-0.1, -0.05) is 55.1 Å². The van der Waals surface area contributed by atoms with Crippen LogP contribution in [0, 0.1) is 0 Å². The average molecular weight is 493 g/mol. The van der Waals surface area contributed by atoms with Gasteiger partial charge in [-0.15, -0.1) is 0 Å². The normalized spacial score (nSPS) is 14.5. The Labute approximate surface area is 205 Å². The van der Waals surface area contributed by atoms with Crippen molar-refractivity contribution in [2.45, 2.75) is 57.7 Å². The number of rotatable bonds is 10. The standard InChI is InChI=1S/C25H30Cl2N2O4/c1-3-22(25(31)28-19-8-4-5-9-19)29(15-17-7-6-10-20(13-17)32-2)24(30)16-33-23-12-11-18(26)14-21(23)27/h6-7,10-14,19,22H,3-5,8-9,15-16H2,1-2H3,(H,28,31)/t22-/m1/s1. The van der Waals surface area contributed by atoms with E-state index in [9.17, 15) is 9.59 Å². The largest absolute Gasteiger partial charge is 0.497 e. The van der Waals surface area contributed by atoms with Crippen LogP contribution in [-0.2, 0) is 16.1 Å². The molecule has 0 aliphatic heterocycles. The third-order valence-electron chi connectivity index (χ3n) is 5.82. The van der Waals surface area contributed by atoms with Crippen LogP contribution in [0.1, 0.15) is 44.6 Å². The highest BCUT2D eigenvalue weighted by molar-refractivity contribution is 6.35. The predicted octanol–water partition coefficient (Wildman–Crippen LogP) is 5.25. The minimum atomic E-state index is -0.617. The highest BCUT2D eigenvalue weighted by Gasteiger charge is 2.31. The van der Waals surface area contributed by atoms with Gasteiger partial charge in [0, 0.05) is 17.6 Å². The second-order valence-electron chi connectivity index (χ2n) is 8.15. The van der Waals surface area contributed by atoms with Crippen molar-refractivity contribution in [3.05, 3.63) is 58.1 Å². The molecule has 2 amide bonds. The summed E-state index contributed by atoms with van der Waals surface area (Å²) in [6.45, 7) is 1.91. The van der Waals surface area contributed by atoms with Gasteiger partial charge in [0.05, 0.1) is 12.1 Å². The highest BCUT2D eigenvalue weighted by atomic mass is 35.5. The van der Waals surface area contributed by atoms with Crippen molar-refractivity contribution in [1.82, 2.24) is 10.2 Å². The maximum Gasteiger partial charge on any atom is 0.261 e. The number of amides is 2. The molecular formula is C25H30Cl2N2O4. The Morgan fingerprint density at radius 1 is 1.15 bits per heavy atom. The number of ether oxygens (including phenoxy) is 2. The molecule has 6 nitrogen and oxygen atoms in total. The van der Waals surface area contributed by atoms with Gasteiger partial charge in [0.15, 0.2) is 6.61 Å². The van der Waals surface area contributed by atoms with Gasteiger partial charge in [0.1, 0.15) is 17.5 Å². The first-order valence-electron chi connectivity index (χ1n) is 11.2. The molecule has 1 aliphatic carbocycles. The number of carbonyl (C=O) groups is 2. The maximum atomic E-state index is 13.3. The van der Waals surface area contributed by atoms with Gasteiger partial charge >= 0.3 is 0 Å². The summed E-state index contributed by atoms with van der Waals surface area (Å²) in [5, 5.41) is 3.93. The molecule has 2 aromatic carbocycles. The molecular weight excluding hydrogens is 463 g/mol. The van der Waals surface area contributed by atoms with E-state index in [2.05, 4.69) is 5.32 Å². The van der Waals surface area contributed by atoms with E-state index in [1.165, 1.54) is 0 Å². The van der Waals surface area contributed by atoms with E-state index in [1.54, 1.807) is 30.2 Å². The number of nitrogens with zero attached hydrogens (tertiary/aromatic N) is 1. The summed E-state index contributed by atoms with van der Waals surface area (Å²) in [7, 11) is 1.59. The Morgan fingerprint density at radius 2 is 1.91 bits per heavy atom. The molecule has 1 saturated carbocycles. The Balaban J connectivity index is 1.79. The molecule has 0 unspecified atom stereocenters. The SMILES string of the molecule is CC[C@H](C(=O)NC1CCCC1)N(Cc1cccc(OC)c1)C(=O)COc1ccc(Cl)cc1Cl. The summed E-state index contributed by atoms with van der Waals surface area (Å²) in [5.74, 6) is 0.606. The number of halogens is 2. The number of hydrogen-bond donors (Lipinski definition) is 1. The van der Waals surface area contributed by atoms with Crippen LogP contribution in [0.25, 0.3) is 0 Å². The Kier molecular flexibility index (Phi) is 9.27. The van der Waals surface area contributed by atoms with Gasteiger partial charge < -0.3 is 19.7 Å². The third kappa shape index (κ3) is 7.02. The number of benzene rings is 2. The van der Waals surface area contributed by atoms with Crippen molar-refractivity contribution < 1.29 is 19.1 Å². The maximum absolute atomic E-state index is 13.3. The zero-order valence-electron chi connectivity index (χ0n) is 19.0. The number of methoxy groups -OCH3 is 1. The van der Waals surface area contributed by atoms with Crippen molar-refractivity contribution in [3.63, 3.8) is 0 Å². The van der Waals surface area contributed by atoms with Crippen molar-refractivity contribution >= 4 is 35.0 Å². The molecule has 2 aromatic rings. The van der Waals surface area contributed by atoms with Crippen LogP contribution in [0.15, 0.2) is 42.5 Å². The van der Waals surface area contributed by atoms with Crippen LogP contribution in [0.5, 0.6) is 11.5 Å². The molecule has 1 N–H and O–H groups in total. The molecule has 1 fully saturated rings. The second-order valence-corrected chi connectivity index (χ2v) is 8.99. The van der Waals surface area contributed by atoms with E-state index < -0.39 is 6.04 Å². The summed E-state index contributed by atoms with van der Waals surface area (Å²) >= 11 is 12.1. The van der Waals surface area contributed by atoms with Crippen molar-refractivity contribution in [2.75, 3.05) is 13.7 Å². The summed E-state index contributed by atoms with van der Waals surface area (Å²) in [4.78, 5) is 28.0. The monoisotopic (exact) mass is 492 g/mol. The van der Waals surface area contributed by atoms with Crippen LogP contribution in [0.4, 0.5) is 0 Å². The van der Waals surface area contributed by atoms with E-state index in [0.717, 1.165) is 31.2 Å². The predicted molar refractivity (Wildman–Crippen MR) is 130 cm³/mol. The fourth-order valence-electron chi connectivity index (χ4n) is 4.07. The summed E-state index contributed by atoms with van der Waals surface area (Å²) < 4.78 is 11.0. The lowest BCUT2D eigenvalue weighted by Gasteiger charge is -2.31. The smallest absolute Gasteiger partial charge is 0.261 e. The zero-order valence-corrected chi connectivity index (χ0v) is 20.5. The van der Waals surface area contributed by atoms with Crippen LogP contribution < -0.4 is 14.8 Å². The van der Waals surface area contributed by atoms with Gasteiger partial charge in [-0.05, 0) is 55.2 Å². The Morgan fingerprint density at radius 3 is 2.58 bits per heavy atom. The van der Waals surface area contributed by atoms with Gasteiger partial charge in [-0.3, -0.25) is 9.59 Å². The molecule has 0 bridgehead atoms. The van der Waals surface area contributed by atoms with Crippen molar-refractivity contribution in [1.29, 1.82) is 0 Å². The van der Waals surface area contributed by atoms with Crippen LogP contribution in [0.3, 0.4) is 0 Å². The van der Waals surface area contributed by atoms with E-state index in [0.29, 0.717) is 28.0 Å². The van der Waals surface area contributed by atoms with Crippen LogP contribution >= 0.6 is 23.2 Å². The van der Waals surface area contributed by atoms with Gasteiger partial charge in [0.2, 0.25) is 5.91 Å². The first-order chi connectivity index (χ1) is 15.9. The molecule has 1 atom stereocenters. The lowest BCUT2D eigenvalue weighted by Crippen LogP contribution is -2.52. The first kappa shape index (κ1) is 25.2. The van der Waals surface area contributed by atoms with Crippen LogP contribution in [0.2, 0.25) is 10.0 Å². The molecule has 1 aliphatic rings. The lowest BCUT2D eigenvalue weighted by atomic mass is 10.1. The lowest BCUT2D eigenvalue weighted by molar-refractivity contribution is -0.143. The molecule has 33 heavy (non-hydrogen) atoms. The number of nitrogens with one attached hydrogen (secondary N) is 1. The van der Waals surface area contributed by atoms with E-state index >= 15 is 0 Å². The summed E-state index contributed by atoms with van der Waals surface area (Å²) in [6.07, 6.45) is 4.66. The van der Waals surface area contributed by atoms with Gasteiger partial charge in [0.25, 0.3) is 5.91 Å². The molecule has 3 rings (SSSR count). The molecule has 8 heteroatoms. The van der Waals surface area contributed by atoms with Crippen molar-refractivity contribution in [2.24, 2.45) is 0 Å². The number of carbonyl (C=O) groups excluding carboxylic acids is 2. The first-order valence-corrected chi connectivity index (χ1v) is 12.0. The molecule has 0 aromatic heterocycles. The average Bonchev–Trinajstić information content (AvgIpc) is 3.31. The molecule has 0 radical (unpaired) electrons. The van der Waals surface area contributed by atoms with E-state index in [4.69, 9.17) is 32.7 Å². The minimum Gasteiger partial charge on any atom is -0.497 e. The molecule has 0 spiro atoms. The van der Waals surface area contributed by atoms with E-state index in [-0.39, 0.29) is 31.0 Å². The second kappa shape index (κ2) is 12.1. The quantitative estimate of drug-likeness (QED) is 0.491. The van der Waals surface area contributed by atoms with Gasteiger partial charge in [-0.25, -0.2) is 0 Å². The fourth-order valence-corrected chi connectivity index (χ4v) is 4.53. The van der Waals surface area contributed by atoms with Crippen molar-refractivity contribution in [3.8, 4) is 11.5 Å². The highest BCUT2D eigenvalue weighted by Crippen LogP contribution is 2.28. The number of hydrogen-bond acceptors (Lipinski definition) is 4. The Hall–Kier alpha value is -2.44. The Bertz CT molecular complexity index is 963. The molecule has 0 saturated heterocycles. The summed E-state index contributed by atoms with van der Waals surface area (Å²) in [6, 6.07) is 11.8. The van der Waals surface area contributed by atoms with Gasteiger partial charge in [-0.2, -0.15) is 0 Å². The minimum absolute atomic E-state index is 0.134. The molecule has 0 heterocycles.